The van der Waals surface area contributed by atoms with Crippen molar-refractivity contribution in [3.8, 4) is 0 Å². The van der Waals surface area contributed by atoms with Crippen LogP contribution in [0.1, 0.15) is 25.1 Å². The van der Waals surface area contributed by atoms with E-state index < -0.39 is 5.41 Å². The molecule has 5 nitrogen and oxygen atoms in total. The van der Waals surface area contributed by atoms with Gasteiger partial charge in [-0.2, -0.15) is 0 Å². The van der Waals surface area contributed by atoms with Crippen LogP contribution in [0.2, 0.25) is 0 Å². The van der Waals surface area contributed by atoms with Gasteiger partial charge in [0.2, 0.25) is 5.91 Å². The lowest BCUT2D eigenvalue weighted by Crippen LogP contribution is -2.35. The van der Waals surface area contributed by atoms with Crippen molar-refractivity contribution in [2.45, 2.75) is 25.8 Å². The van der Waals surface area contributed by atoms with Crippen LogP contribution >= 0.6 is 11.3 Å². The smallest absolute Gasteiger partial charge is 0.237 e. The van der Waals surface area contributed by atoms with E-state index in [1.54, 1.807) is 16.5 Å². The highest BCUT2D eigenvalue weighted by Gasteiger charge is 2.44. The first-order valence-corrected chi connectivity index (χ1v) is 7.24. The van der Waals surface area contributed by atoms with Gasteiger partial charge in [0.25, 0.3) is 0 Å². The zero-order valence-electron chi connectivity index (χ0n) is 11.4. The standard InChI is InChI=1S/C14H16N4OS/c1-14(2)9-3-10(15)11(16)4-12(9)18(13(14)19)5-8-6-20-7-17-8/h3-4,6-7H,5,15-16H2,1-2H3. The topological polar surface area (TPSA) is 85.2 Å². The first-order chi connectivity index (χ1) is 9.41. The highest BCUT2D eigenvalue weighted by atomic mass is 32.1. The summed E-state index contributed by atoms with van der Waals surface area (Å²) in [6.07, 6.45) is 0. The molecule has 1 aromatic carbocycles. The highest BCUT2D eigenvalue weighted by Crippen LogP contribution is 2.44. The predicted molar refractivity (Wildman–Crippen MR) is 81.6 cm³/mol. The van der Waals surface area contributed by atoms with Gasteiger partial charge < -0.3 is 16.4 Å². The van der Waals surface area contributed by atoms with Gasteiger partial charge in [-0.05, 0) is 31.5 Å². The molecule has 1 aliphatic heterocycles. The maximum Gasteiger partial charge on any atom is 0.237 e. The molecular weight excluding hydrogens is 272 g/mol. The minimum absolute atomic E-state index is 0.0468. The number of hydrogen-bond donors (Lipinski definition) is 2. The van der Waals surface area contributed by atoms with E-state index in [1.807, 2.05) is 25.3 Å². The van der Waals surface area contributed by atoms with E-state index in [0.717, 1.165) is 16.9 Å². The van der Waals surface area contributed by atoms with Gasteiger partial charge in [-0.1, -0.05) is 0 Å². The minimum Gasteiger partial charge on any atom is -0.397 e. The van der Waals surface area contributed by atoms with Gasteiger partial charge in [-0.15, -0.1) is 11.3 Å². The number of nitrogen functional groups attached to an aromatic ring is 2. The molecule has 0 aliphatic carbocycles. The number of benzene rings is 1. The third kappa shape index (κ3) is 1.76. The van der Waals surface area contributed by atoms with E-state index in [9.17, 15) is 4.79 Å². The Balaban J connectivity index is 2.10. The van der Waals surface area contributed by atoms with Crippen LogP contribution < -0.4 is 16.4 Å². The fraction of sp³-hybridized carbons (Fsp3) is 0.286. The molecular formula is C14H16N4OS. The number of thiazole rings is 1. The second-order valence-electron chi connectivity index (χ2n) is 5.49. The molecule has 1 amide bonds. The third-order valence-electron chi connectivity index (χ3n) is 3.75. The highest BCUT2D eigenvalue weighted by molar-refractivity contribution is 7.07. The number of aromatic nitrogens is 1. The molecule has 0 bridgehead atoms. The number of rotatable bonds is 2. The Bertz CT molecular complexity index is 679. The van der Waals surface area contributed by atoms with Crippen molar-refractivity contribution in [1.82, 2.24) is 4.98 Å². The molecule has 4 N–H and O–H groups in total. The van der Waals surface area contributed by atoms with E-state index in [1.165, 1.54) is 11.3 Å². The largest absolute Gasteiger partial charge is 0.397 e. The summed E-state index contributed by atoms with van der Waals surface area (Å²) in [5.41, 5.74) is 16.6. The Morgan fingerprint density at radius 1 is 1.30 bits per heavy atom. The molecule has 1 aliphatic rings. The van der Waals surface area contributed by atoms with Crippen molar-refractivity contribution >= 4 is 34.3 Å². The fourth-order valence-corrected chi connectivity index (χ4v) is 3.09. The molecule has 2 aromatic rings. The van der Waals surface area contributed by atoms with Crippen molar-refractivity contribution in [1.29, 1.82) is 0 Å². The Hall–Kier alpha value is -2.08. The molecule has 0 saturated heterocycles. The van der Waals surface area contributed by atoms with Crippen LogP contribution in [0.3, 0.4) is 0 Å². The average molecular weight is 288 g/mol. The van der Waals surface area contributed by atoms with Gasteiger partial charge in [0.1, 0.15) is 0 Å². The summed E-state index contributed by atoms with van der Waals surface area (Å²) in [4.78, 5) is 18.6. The summed E-state index contributed by atoms with van der Waals surface area (Å²) >= 11 is 1.52. The van der Waals surface area contributed by atoms with Crippen molar-refractivity contribution in [2.24, 2.45) is 0 Å². The lowest BCUT2D eigenvalue weighted by molar-refractivity contribution is -0.122. The molecule has 104 valence electrons. The quantitative estimate of drug-likeness (QED) is 0.829. The Morgan fingerprint density at radius 3 is 2.65 bits per heavy atom. The van der Waals surface area contributed by atoms with Crippen LogP contribution in [0.15, 0.2) is 23.0 Å². The van der Waals surface area contributed by atoms with Gasteiger partial charge in [0, 0.05) is 5.38 Å². The molecule has 0 radical (unpaired) electrons. The van der Waals surface area contributed by atoms with Gasteiger partial charge in [-0.3, -0.25) is 4.79 Å². The number of anilines is 3. The summed E-state index contributed by atoms with van der Waals surface area (Å²) in [7, 11) is 0. The molecule has 2 heterocycles. The Kier molecular flexibility index (Phi) is 2.72. The minimum atomic E-state index is -0.590. The molecule has 6 heteroatoms. The zero-order chi connectivity index (χ0) is 14.5. The van der Waals surface area contributed by atoms with Crippen LogP contribution in [-0.2, 0) is 16.8 Å². The van der Waals surface area contributed by atoms with Crippen LogP contribution in [0.4, 0.5) is 17.1 Å². The first kappa shape index (κ1) is 12.9. The Morgan fingerprint density at radius 2 is 2.00 bits per heavy atom. The van der Waals surface area contributed by atoms with E-state index in [4.69, 9.17) is 11.5 Å². The van der Waals surface area contributed by atoms with Crippen LogP contribution in [0, 0.1) is 0 Å². The van der Waals surface area contributed by atoms with Gasteiger partial charge in [-0.25, -0.2) is 4.98 Å². The number of carbonyl (C=O) groups excluding carboxylic acids is 1. The van der Waals surface area contributed by atoms with Crippen LogP contribution in [0.5, 0.6) is 0 Å². The zero-order valence-corrected chi connectivity index (χ0v) is 12.2. The predicted octanol–water partition coefficient (Wildman–Crippen LogP) is 2.13. The number of nitrogens with two attached hydrogens (primary N) is 2. The molecule has 0 spiro atoms. The van der Waals surface area contributed by atoms with Gasteiger partial charge in [0.05, 0.1) is 40.2 Å². The van der Waals surface area contributed by atoms with Crippen molar-refractivity contribution < 1.29 is 4.79 Å². The summed E-state index contributed by atoms with van der Waals surface area (Å²) in [6, 6.07) is 3.59. The second-order valence-corrected chi connectivity index (χ2v) is 6.21. The SMILES string of the molecule is CC1(C)C(=O)N(Cc2cscn2)c2cc(N)c(N)cc21. The molecule has 0 saturated carbocycles. The second kappa shape index (κ2) is 4.21. The Labute approximate surface area is 121 Å². The summed E-state index contributed by atoms with van der Waals surface area (Å²) in [6.45, 7) is 4.28. The van der Waals surface area contributed by atoms with Crippen molar-refractivity contribution in [3.05, 3.63) is 34.3 Å². The maximum absolute atomic E-state index is 12.7. The molecule has 3 rings (SSSR count). The first-order valence-electron chi connectivity index (χ1n) is 6.30. The summed E-state index contributed by atoms with van der Waals surface area (Å²) < 4.78 is 0. The molecule has 20 heavy (non-hydrogen) atoms. The van der Waals surface area contributed by atoms with Crippen molar-refractivity contribution in [3.63, 3.8) is 0 Å². The summed E-state index contributed by atoms with van der Waals surface area (Å²) in [5, 5.41) is 1.94. The van der Waals surface area contributed by atoms with E-state index in [0.29, 0.717) is 17.9 Å². The maximum atomic E-state index is 12.7. The van der Waals surface area contributed by atoms with Crippen molar-refractivity contribution in [2.75, 3.05) is 16.4 Å². The monoisotopic (exact) mass is 288 g/mol. The summed E-state index contributed by atoms with van der Waals surface area (Å²) in [5.74, 6) is 0.0468. The van der Waals surface area contributed by atoms with E-state index >= 15 is 0 Å². The number of fused-ring (bicyclic) bond motifs is 1. The van der Waals surface area contributed by atoms with E-state index in [-0.39, 0.29) is 5.91 Å². The molecule has 0 unspecified atom stereocenters. The fourth-order valence-electron chi connectivity index (χ4n) is 2.54. The number of nitrogens with zero attached hydrogens (tertiary/aromatic N) is 2. The number of amides is 1. The molecule has 1 aromatic heterocycles. The molecule has 0 atom stereocenters. The third-order valence-corrected chi connectivity index (χ3v) is 4.38. The van der Waals surface area contributed by atoms with Crippen LogP contribution in [0.25, 0.3) is 0 Å². The number of carbonyl (C=O) groups is 1. The average Bonchev–Trinajstić information content (AvgIpc) is 2.95. The van der Waals surface area contributed by atoms with Gasteiger partial charge >= 0.3 is 0 Å². The number of hydrogen-bond acceptors (Lipinski definition) is 5. The van der Waals surface area contributed by atoms with E-state index in [2.05, 4.69) is 4.98 Å². The van der Waals surface area contributed by atoms with Crippen LogP contribution in [-0.4, -0.2) is 10.9 Å². The molecule has 0 fully saturated rings. The lowest BCUT2D eigenvalue weighted by Gasteiger charge is -2.19. The van der Waals surface area contributed by atoms with Gasteiger partial charge in [0.15, 0.2) is 0 Å². The lowest BCUT2D eigenvalue weighted by atomic mass is 9.86. The normalized spacial score (nSPS) is 16.5.